The summed E-state index contributed by atoms with van der Waals surface area (Å²) < 4.78 is 5.00. The van der Waals surface area contributed by atoms with Crippen molar-refractivity contribution in [2.75, 3.05) is 0 Å². The van der Waals surface area contributed by atoms with Gasteiger partial charge in [-0.25, -0.2) is 0 Å². The highest BCUT2D eigenvalue weighted by molar-refractivity contribution is 7.20. The molecular weight excluding hydrogens is 705 g/mol. The Labute approximate surface area is 333 Å². The van der Waals surface area contributed by atoms with Crippen molar-refractivity contribution in [3.8, 4) is 22.5 Å². The smallest absolute Gasteiger partial charge is 0.181 e. The number of aromatic nitrogens is 2. The van der Waals surface area contributed by atoms with Crippen molar-refractivity contribution < 1.29 is 0 Å². The van der Waals surface area contributed by atoms with Gasteiger partial charge >= 0.3 is 0 Å². The van der Waals surface area contributed by atoms with E-state index in [0.717, 1.165) is 11.4 Å². The molecule has 9 aromatic carbocycles. The molecule has 268 valence electrons. The SMILES string of the molecule is c1ccc(-c2ccc3c4cccc([Si](c5ccccc5)(c5ccccc5)c5ccccc5)c4n(-c4ccc5c6ccccc6n(-c6ccccc6)c5c4)c3c2)cc1. The number of rotatable bonds is 7. The standard InChI is InChI=1S/C54H38N2Si/c1-6-19-39(20-7-1)40-33-35-48-49-30-18-32-53(57(43-23-10-3-11-24-43,44-25-12-4-13-26-44)45-27-14-5-15-28-45)54(49)56(51(48)37-40)42-34-36-47-46-29-16-17-31-50(46)55(52(47)38-42)41-21-8-2-9-22-41/h1-38H. The Morgan fingerprint density at radius 3 is 1.42 bits per heavy atom. The first-order chi connectivity index (χ1) is 28.3. The molecule has 0 atom stereocenters. The van der Waals surface area contributed by atoms with Gasteiger partial charge in [0.05, 0.1) is 22.1 Å². The van der Waals surface area contributed by atoms with Crippen molar-refractivity contribution in [2.24, 2.45) is 0 Å². The van der Waals surface area contributed by atoms with Gasteiger partial charge in [-0.15, -0.1) is 0 Å². The molecule has 57 heavy (non-hydrogen) atoms. The monoisotopic (exact) mass is 742 g/mol. The highest BCUT2D eigenvalue weighted by Gasteiger charge is 2.43. The van der Waals surface area contributed by atoms with Gasteiger partial charge < -0.3 is 9.13 Å². The number of fused-ring (bicyclic) bond motifs is 6. The minimum Gasteiger partial charge on any atom is -0.309 e. The molecule has 11 aromatic rings. The number of nitrogens with zero attached hydrogens (tertiary/aromatic N) is 2. The Morgan fingerprint density at radius 1 is 0.281 bits per heavy atom. The number of hydrogen-bond donors (Lipinski definition) is 0. The van der Waals surface area contributed by atoms with Gasteiger partial charge in [-0.05, 0) is 68.3 Å². The third-order valence-corrected chi connectivity index (χ3v) is 16.7. The summed E-state index contributed by atoms with van der Waals surface area (Å²) in [6, 6.07) is 85.3. The lowest BCUT2D eigenvalue weighted by Gasteiger charge is -2.35. The lowest BCUT2D eigenvalue weighted by molar-refractivity contribution is 1.16. The summed E-state index contributed by atoms with van der Waals surface area (Å²) in [4.78, 5) is 0. The molecular formula is C54H38N2Si. The molecule has 2 nitrogen and oxygen atoms in total. The minimum atomic E-state index is -2.94. The molecule has 0 bridgehead atoms. The molecule has 0 aliphatic rings. The fraction of sp³-hybridized carbons (Fsp3) is 0. The lowest BCUT2D eigenvalue weighted by Crippen LogP contribution is -2.75. The third-order valence-electron chi connectivity index (χ3n) is 11.8. The fourth-order valence-corrected chi connectivity index (χ4v) is 14.4. The first-order valence-corrected chi connectivity index (χ1v) is 21.7. The van der Waals surface area contributed by atoms with Crippen LogP contribution < -0.4 is 20.7 Å². The third kappa shape index (κ3) is 5.17. The fourth-order valence-electron chi connectivity index (χ4n) is 9.43. The van der Waals surface area contributed by atoms with Crippen molar-refractivity contribution in [3.63, 3.8) is 0 Å². The summed E-state index contributed by atoms with van der Waals surface area (Å²) >= 11 is 0. The van der Waals surface area contributed by atoms with E-state index in [-0.39, 0.29) is 0 Å². The summed E-state index contributed by atoms with van der Waals surface area (Å²) in [7, 11) is -2.94. The molecule has 0 fully saturated rings. The molecule has 11 rings (SSSR count). The average molecular weight is 743 g/mol. The Morgan fingerprint density at radius 2 is 0.772 bits per heavy atom. The van der Waals surface area contributed by atoms with Crippen LogP contribution in [0.15, 0.2) is 231 Å². The van der Waals surface area contributed by atoms with Crippen molar-refractivity contribution in [1.82, 2.24) is 9.13 Å². The summed E-state index contributed by atoms with van der Waals surface area (Å²) in [5, 5.41) is 10.4. The molecule has 0 radical (unpaired) electrons. The summed E-state index contributed by atoms with van der Waals surface area (Å²) in [6.07, 6.45) is 0. The highest BCUT2D eigenvalue weighted by atomic mass is 28.3. The van der Waals surface area contributed by atoms with Gasteiger partial charge in [-0.3, -0.25) is 0 Å². The van der Waals surface area contributed by atoms with E-state index in [9.17, 15) is 0 Å². The van der Waals surface area contributed by atoms with Gasteiger partial charge in [-0.2, -0.15) is 0 Å². The van der Waals surface area contributed by atoms with Crippen molar-refractivity contribution in [1.29, 1.82) is 0 Å². The van der Waals surface area contributed by atoms with Gasteiger partial charge in [-0.1, -0.05) is 194 Å². The quantitative estimate of drug-likeness (QED) is 0.114. The molecule has 0 spiro atoms. The zero-order chi connectivity index (χ0) is 37.8. The van der Waals surface area contributed by atoms with Crippen LogP contribution in [0.5, 0.6) is 0 Å². The molecule has 0 amide bonds. The van der Waals surface area contributed by atoms with Crippen molar-refractivity contribution in [3.05, 3.63) is 231 Å². The molecule has 0 saturated carbocycles. The second-order valence-corrected chi connectivity index (χ2v) is 18.6. The normalized spacial score (nSPS) is 11.9. The number of para-hydroxylation sites is 3. The Bertz CT molecular complexity index is 3110. The predicted molar refractivity (Wildman–Crippen MR) is 244 cm³/mol. The molecule has 0 aliphatic heterocycles. The van der Waals surface area contributed by atoms with E-state index in [2.05, 4.69) is 240 Å². The largest absolute Gasteiger partial charge is 0.309 e. The van der Waals surface area contributed by atoms with E-state index in [0.29, 0.717) is 0 Å². The molecule has 0 unspecified atom stereocenters. The Balaban J connectivity index is 1.32. The minimum absolute atomic E-state index is 1.14. The van der Waals surface area contributed by atoms with Crippen molar-refractivity contribution >= 4 is 72.4 Å². The van der Waals surface area contributed by atoms with Gasteiger partial charge in [0.1, 0.15) is 0 Å². The van der Waals surface area contributed by atoms with Gasteiger partial charge in [0.15, 0.2) is 8.07 Å². The van der Waals surface area contributed by atoms with Crippen LogP contribution in [0.2, 0.25) is 0 Å². The average Bonchev–Trinajstić information content (AvgIpc) is 3.81. The van der Waals surface area contributed by atoms with E-state index in [1.807, 2.05) is 0 Å². The van der Waals surface area contributed by atoms with Crippen LogP contribution in [0.1, 0.15) is 0 Å². The zero-order valence-corrected chi connectivity index (χ0v) is 32.3. The van der Waals surface area contributed by atoms with Crippen LogP contribution in [0.25, 0.3) is 66.1 Å². The van der Waals surface area contributed by atoms with Crippen LogP contribution in [0, 0.1) is 0 Å². The maximum absolute atomic E-state index is 2.94. The molecule has 0 N–H and O–H groups in total. The van der Waals surface area contributed by atoms with Crippen LogP contribution in [0.4, 0.5) is 0 Å². The van der Waals surface area contributed by atoms with E-state index in [1.165, 1.54) is 75.5 Å². The second-order valence-electron chi connectivity index (χ2n) is 14.9. The predicted octanol–water partition coefficient (Wildman–Crippen LogP) is 10.9. The topological polar surface area (TPSA) is 9.86 Å². The van der Waals surface area contributed by atoms with E-state index in [4.69, 9.17) is 0 Å². The number of benzene rings is 9. The first-order valence-electron chi connectivity index (χ1n) is 19.7. The summed E-state index contributed by atoms with van der Waals surface area (Å²) in [6.45, 7) is 0. The van der Waals surface area contributed by atoms with Crippen LogP contribution in [-0.2, 0) is 0 Å². The molecule has 2 heterocycles. The van der Waals surface area contributed by atoms with Crippen LogP contribution in [0.3, 0.4) is 0 Å². The van der Waals surface area contributed by atoms with Crippen LogP contribution in [-0.4, -0.2) is 17.2 Å². The van der Waals surface area contributed by atoms with Gasteiger partial charge in [0.2, 0.25) is 0 Å². The van der Waals surface area contributed by atoms with E-state index >= 15 is 0 Å². The highest BCUT2D eigenvalue weighted by Crippen LogP contribution is 2.38. The van der Waals surface area contributed by atoms with E-state index < -0.39 is 8.07 Å². The number of hydrogen-bond acceptors (Lipinski definition) is 0. The Kier molecular flexibility index (Phi) is 7.87. The summed E-state index contributed by atoms with van der Waals surface area (Å²) in [5.41, 5.74) is 9.53. The van der Waals surface area contributed by atoms with Gasteiger partial charge in [0, 0.05) is 32.9 Å². The molecule has 0 aliphatic carbocycles. The first kappa shape index (κ1) is 33.2. The molecule has 2 aromatic heterocycles. The lowest BCUT2D eigenvalue weighted by atomic mass is 10.0. The Hall–Kier alpha value is -7.20. The van der Waals surface area contributed by atoms with Gasteiger partial charge in [0.25, 0.3) is 0 Å². The maximum atomic E-state index is 2.58. The molecule has 3 heteroatoms. The second kappa shape index (κ2) is 13.5. The zero-order valence-electron chi connectivity index (χ0n) is 31.3. The van der Waals surface area contributed by atoms with E-state index in [1.54, 1.807) is 0 Å². The summed E-state index contributed by atoms with van der Waals surface area (Å²) in [5.74, 6) is 0. The molecule has 0 saturated heterocycles. The maximum Gasteiger partial charge on any atom is 0.181 e. The van der Waals surface area contributed by atoms with Crippen molar-refractivity contribution in [2.45, 2.75) is 0 Å². The van der Waals surface area contributed by atoms with Crippen LogP contribution >= 0.6 is 0 Å².